The Kier molecular flexibility index (Phi) is 5.97. The van der Waals surface area contributed by atoms with Crippen LogP contribution < -0.4 is 0 Å². The molecule has 0 atom stereocenters. The fourth-order valence-electron chi connectivity index (χ4n) is 1.21. The van der Waals surface area contributed by atoms with Gasteiger partial charge in [0.05, 0.1) is 0 Å². The first-order chi connectivity index (χ1) is 5.81. The van der Waals surface area contributed by atoms with Crippen LogP contribution in [-0.2, 0) is 0 Å². The Labute approximate surface area is 93.4 Å². The monoisotopic (exact) mass is 240 g/mol. The van der Waals surface area contributed by atoms with Crippen molar-refractivity contribution in [2.45, 2.75) is 64.5 Å². The van der Waals surface area contributed by atoms with E-state index in [9.17, 15) is 0 Å². The van der Waals surface area contributed by atoms with Crippen molar-refractivity contribution in [3.63, 3.8) is 0 Å². The van der Waals surface area contributed by atoms with Crippen LogP contribution in [0.3, 0.4) is 0 Å². The molecule has 0 bridgehead atoms. The molecule has 0 unspecified atom stereocenters. The summed E-state index contributed by atoms with van der Waals surface area (Å²) in [4.78, 5) is 0. The van der Waals surface area contributed by atoms with E-state index >= 15 is 0 Å². The Morgan fingerprint density at radius 3 is 2.00 bits per heavy atom. The van der Waals surface area contributed by atoms with Crippen molar-refractivity contribution >= 4 is 28.9 Å². The zero-order valence-electron chi connectivity index (χ0n) is 9.29. The van der Waals surface area contributed by atoms with Crippen molar-refractivity contribution in [3.05, 3.63) is 0 Å². The molecule has 0 heterocycles. The Bertz CT molecular complexity index is 138. The van der Waals surface area contributed by atoms with Crippen LogP contribution in [0.5, 0.6) is 0 Å². The lowest BCUT2D eigenvalue weighted by Gasteiger charge is -2.32. The lowest BCUT2D eigenvalue weighted by Crippen LogP contribution is -2.30. The van der Waals surface area contributed by atoms with Crippen LogP contribution in [0.1, 0.15) is 52.9 Å². The second-order valence-electron chi connectivity index (χ2n) is 4.58. The average Bonchev–Trinajstić information content (AvgIpc) is 1.96. The summed E-state index contributed by atoms with van der Waals surface area (Å²) in [5.41, 5.74) is 0. The molecule has 0 nitrogen and oxygen atoms in total. The van der Waals surface area contributed by atoms with Crippen molar-refractivity contribution in [1.82, 2.24) is 0 Å². The second-order valence-corrected chi connectivity index (χ2v) is 12.8. The van der Waals surface area contributed by atoms with E-state index in [0.717, 1.165) is 0 Å². The molecule has 0 aliphatic heterocycles. The highest BCUT2D eigenvalue weighted by Gasteiger charge is 2.40. The van der Waals surface area contributed by atoms with Gasteiger partial charge in [-0.3, -0.25) is 0 Å². The maximum atomic E-state index is 6.24. The fraction of sp³-hybridized carbons (Fsp3) is 1.00. The van der Waals surface area contributed by atoms with Crippen molar-refractivity contribution < 1.29 is 0 Å². The van der Waals surface area contributed by atoms with Crippen molar-refractivity contribution in [2.75, 3.05) is 0 Å². The van der Waals surface area contributed by atoms with E-state index in [-0.39, 0.29) is 5.04 Å². The maximum absolute atomic E-state index is 6.24. The molecule has 0 saturated heterocycles. The van der Waals surface area contributed by atoms with Gasteiger partial charge in [-0.15, -0.1) is 22.2 Å². The van der Waals surface area contributed by atoms with E-state index in [0.29, 0.717) is 0 Å². The molecule has 0 fully saturated rings. The zero-order chi connectivity index (χ0) is 10.5. The van der Waals surface area contributed by atoms with E-state index in [1.165, 1.54) is 32.1 Å². The van der Waals surface area contributed by atoms with Gasteiger partial charge in [0.15, 0.2) is 0 Å². The summed E-state index contributed by atoms with van der Waals surface area (Å²) in [6, 6.07) is 0. The Hall–Kier alpha value is 0.797. The predicted molar refractivity (Wildman–Crippen MR) is 66.1 cm³/mol. The molecule has 0 saturated carbocycles. The summed E-state index contributed by atoms with van der Waals surface area (Å²) in [5, 5.41) is 0.157. The summed E-state index contributed by atoms with van der Waals surface area (Å²) in [6.07, 6.45) is 6.37. The highest BCUT2D eigenvalue weighted by molar-refractivity contribution is 7.46. The van der Waals surface area contributed by atoms with Crippen LogP contribution in [0, 0.1) is 0 Å². The SMILES string of the molecule is CCCCCCC(C)(C)[Si](C)(Cl)Cl. The molecule has 0 rings (SSSR count). The molecular weight excluding hydrogens is 219 g/mol. The van der Waals surface area contributed by atoms with Gasteiger partial charge in [0.1, 0.15) is 0 Å². The molecule has 0 aliphatic carbocycles. The van der Waals surface area contributed by atoms with E-state index in [1.807, 2.05) is 6.55 Å². The third-order valence-corrected chi connectivity index (χ3v) is 8.54. The number of hydrogen-bond acceptors (Lipinski definition) is 0. The van der Waals surface area contributed by atoms with E-state index in [1.54, 1.807) is 0 Å². The average molecular weight is 241 g/mol. The fourth-order valence-corrected chi connectivity index (χ4v) is 2.40. The van der Waals surface area contributed by atoms with Gasteiger partial charge < -0.3 is 0 Å². The molecule has 0 amide bonds. The van der Waals surface area contributed by atoms with Gasteiger partial charge in [-0.25, -0.2) is 0 Å². The standard InChI is InChI=1S/C10H22Cl2Si/c1-5-6-7-8-9-10(2,3)13(4,11)12/h5-9H2,1-4H3. The third kappa shape index (κ3) is 5.29. The first kappa shape index (κ1) is 13.8. The minimum Gasteiger partial charge on any atom is -0.146 e. The van der Waals surface area contributed by atoms with Crippen LogP contribution in [0.2, 0.25) is 11.6 Å². The van der Waals surface area contributed by atoms with Crippen molar-refractivity contribution in [2.24, 2.45) is 0 Å². The van der Waals surface area contributed by atoms with Gasteiger partial charge in [0, 0.05) is 0 Å². The quantitative estimate of drug-likeness (QED) is 0.337. The van der Waals surface area contributed by atoms with Crippen LogP contribution in [0.15, 0.2) is 0 Å². The molecule has 0 aromatic carbocycles. The number of hydrogen-bond donors (Lipinski definition) is 0. The normalized spacial score (nSPS) is 13.4. The lowest BCUT2D eigenvalue weighted by atomic mass is 10.0. The third-order valence-electron chi connectivity index (χ3n) is 2.84. The highest BCUT2D eigenvalue weighted by atomic mass is 35.7. The molecule has 0 aromatic heterocycles. The van der Waals surface area contributed by atoms with Gasteiger partial charge in [-0.1, -0.05) is 46.5 Å². The molecule has 0 N–H and O–H groups in total. The largest absolute Gasteiger partial charge is 0.253 e. The summed E-state index contributed by atoms with van der Waals surface area (Å²) in [6.45, 7) is 6.65. The zero-order valence-corrected chi connectivity index (χ0v) is 11.8. The van der Waals surface area contributed by atoms with Crippen LogP contribution in [0.4, 0.5) is 0 Å². The number of unbranched alkanes of at least 4 members (excludes halogenated alkanes) is 3. The smallest absolute Gasteiger partial charge is 0.146 e. The lowest BCUT2D eigenvalue weighted by molar-refractivity contribution is 0.533. The maximum Gasteiger partial charge on any atom is 0.253 e. The summed E-state index contributed by atoms with van der Waals surface area (Å²) >= 11 is 12.5. The number of halogens is 2. The van der Waals surface area contributed by atoms with Gasteiger partial charge >= 0.3 is 0 Å². The Morgan fingerprint density at radius 2 is 1.62 bits per heavy atom. The topological polar surface area (TPSA) is 0 Å². The van der Waals surface area contributed by atoms with Gasteiger partial charge in [-0.2, -0.15) is 0 Å². The summed E-state index contributed by atoms with van der Waals surface area (Å²) in [7, 11) is 0. The highest BCUT2D eigenvalue weighted by Crippen LogP contribution is 2.46. The minimum atomic E-state index is -2.00. The first-order valence-electron chi connectivity index (χ1n) is 5.19. The molecule has 0 radical (unpaired) electrons. The molecule has 13 heavy (non-hydrogen) atoms. The molecule has 0 spiro atoms. The number of rotatable bonds is 6. The summed E-state index contributed by atoms with van der Waals surface area (Å²) < 4.78 is 0. The Balaban J connectivity index is 3.77. The molecule has 0 aliphatic rings. The molecule has 80 valence electrons. The van der Waals surface area contributed by atoms with E-state index in [4.69, 9.17) is 22.2 Å². The van der Waals surface area contributed by atoms with Crippen LogP contribution in [-0.4, -0.2) is 6.69 Å². The van der Waals surface area contributed by atoms with Crippen molar-refractivity contribution in [1.29, 1.82) is 0 Å². The van der Waals surface area contributed by atoms with Crippen LogP contribution >= 0.6 is 22.2 Å². The van der Waals surface area contributed by atoms with Crippen LogP contribution in [0.25, 0.3) is 0 Å². The minimum absolute atomic E-state index is 0.157. The van der Waals surface area contributed by atoms with Crippen molar-refractivity contribution in [3.8, 4) is 0 Å². The van der Waals surface area contributed by atoms with E-state index in [2.05, 4.69) is 20.8 Å². The van der Waals surface area contributed by atoms with Gasteiger partial charge in [-0.05, 0) is 18.0 Å². The predicted octanol–water partition coefficient (Wildman–Crippen LogP) is 5.29. The molecule has 0 aromatic rings. The molecular formula is C10H22Cl2Si. The van der Waals surface area contributed by atoms with Gasteiger partial charge in [0.2, 0.25) is 0 Å². The van der Waals surface area contributed by atoms with Gasteiger partial charge in [0.25, 0.3) is 6.69 Å². The molecule has 3 heteroatoms. The second kappa shape index (κ2) is 5.62. The first-order valence-corrected chi connectivity index (χ1v) is 9.71. The van der Waals surface area contributed by atoms with E-state index < -0.39 is 6.69 Å². The Morgan fingerprint density at radius 1 is 1.08 bits per heavy atom. The summed E-state index contributed by atoms with van der Waals surface area (Å²) in [5.74, 6) is 0.